The predicted octanol–water partition coefficient (Wildman–Crippen LogP) is 2.33. The summed E-state index contributed by atoms with van der Waals surface area (Å²) in [5.41, 5.74) is 0.897. The highest BCUT2D eigenvalue weighted by atomic mass is 16.5. The average Bonchev–Trinajstić information content (AvgIpc) is 2.37. The molecule has 112 valence electrons. The molecule has 1 aromatic carbocycles. The second-order valence-corrected chi connectivity index (χ2v) is 5.36. The zero-order valence-corrected chi connectivity index (χ0v) is 12.5. The van der Waals surface area contributed by atoms with Crippen molar-refractivity contribution in [3.8, 4) is 5.75 Å². The van der Waals surface area contributed by atoms with E-state index in [0.717, 1.165) is 0 Å². The molecule has 0 radical (unpaired) electrons. The molecule has 0 bridgehead atoms. The van der Waals surface area contributed by atoms with Crippen molar-refractivity contribution in [3.05, 3.63) is 23.8 Å². The summed E-state index contributed by atoms with van der Waals surface area (Å²) in [6, 6.07) is 5.16. The summed E-state index contributed by atoms with van der Waals surface area (Å²) in [6.45, 7) is 7.92. The van der Waals surface area contributed by atoms with Gasteiger partial charge >= 0.3 is 0 Å². The molecule has 0 fully saturated rings. The van der Waals surface area contributed by atoms with Crippen LogP contribution < -0.4 is 10.1 Å². The van der Waals surface area contributed by atoms with Crippen molar-refractivity contribution in [2.45, 2.75) is 39.9 Å². The minimum Gasteiger partial charge on any atom is -0.494 e. The number of hydrogen-bond donors (Lipinski definition) is 2. The Morgan fingerprint density at radius 2 is 2.05 bits per heavy atom. The van der Waals surface area contributed by atoms with Crippen LogP contribution in [-0.4, -0.2) is 29.8 Å². The van der Waals surface area contributed by atoms with E-state index >= 15 is 0 Å². The van der Waals surface area contributed by atoms with Gasteiger partial charge in [-0.1, -0.05) is 0 Å². The number of amides is 1. The summed E-state index contributed by atoms with van der Waals surface area (Å²) in [7, 11) is 0. The summed E-state index contributed by atoms with van der Waals surface area (Å²) in [4.78, 5) is 11.7. The Kier molecular flexibility index (Phi) is 5.98. The molecule has 0 aliphatic heterocycles. The van der Waals surface area contributed by atoms with Crippen LogP contribution in [0.4, 0.5) is 5.69 Å². The lowest BCUT2D eigenvalue weighted by atomic mass is 10.2. The van der Waals surface area contributed by atoms with Gasteiger partial charge in [0, 0.05) is 11.3 Å². The lowest BCUT2D eigenvalue weighted by molar-refractivity contribution is -0.125. The zero-order valence-electron chi connectivity index (χ0n) is 12.5. The van der Waals surface area contributed by atoms with Crippen molar-refractivity contribution in [3.63, 3.8) is 0 Å². The third-order valence-corrected chi connectivity index (χ3v) is 2.45. The van der Waals surface area contributed by atoms with Gasteiger partial charge in [0.25, 0.3) is 0 Å². The number of anilines is 1. The van der Waals surface area contributed by atoms with E-state index in [1.54, 1.807) is 18.2 Å². The van der Waals surface area contributed by atoms with Crippen LogP contribution in [0.5, 0.6) is 5.75 Å². The lowest BCUT2D eigenvalue weighted by Crippen LogP contribution is -2.27. The number of benzene rings is 1. The van der Waals surface area contributed by atoms with E-state index in [1.165, 1.54) is 0 Å². The van der Waals surface area contributed by atoms with E-state index in [1.807, 2.05) is 27.7 Å². The van der Waals surface area contributed by atoms with Crippen LogP contribution in [-0.2, 0) is 16.1 Å². The number of hydrogen-bond acceptors (Lipinski definition) is 4. The molecule has 1 aromatic rings. The molecule has 20 heavy (non-hydrogen) atoms. The van der Waals surface area contributed by atoms with Gasteiger partial charge in [0.1, 0.15) is 12.4 Å². The van der Waals surface area contributed by atoms with Gasteiger partial charge in [-0.25, -0.2) is 0 Å². The number of carbonyl (C=O) groups excluding carboxylic acids is 1. The standard InChI is InChI=1S/C15H23NO4/c1-5-19-13-7-6-12(8-11(13)9-17)16-14(18)10-20-15(2,3)4/h6-8,17H,5,9-10H2,1-4H3,(H,16,18). The third kappa shape index (κ3) is 5.59. The highest BCUT2D eigenvalue weighted by Crippen LogP contribution is 2.23. The molecule has 5 nitrogen and oxygen atoms in total. The van der Waals surface area contributed by atoms with Crippen molar-refractivity contribution in [2.75, 3.05) is 18.5 Å². The number of ether oxygens (including phenoxy) is 2. The largest absolute Gasteiger partial charge is 0.494 e. The lowest BCUT2D eigenvalue weighted by Gasteiger charge is -2.19. The molecule has 5 heteroatoms. The molecule has 1 rings (SSSR count). The Morgan fingerprint density at radius 1 is 1.35 bits per heavy atom. The SMILES string of the molecule is CCOc1ccc(NC(=O)COC(C)(C)C)cc1CO. The van der Waals surface area contributed by atoms with E-state index < -0.39 is 0 Å². The third-order valence-electron chi connectivity index (χ3n) is 2.45. The summed E-state index contributed by atoms with van der Waals surface area (Å²) < 4.78 is 10.8. The maximum atomic E-state index is 11.7. The van der Waals surface area contributed by atoms with Crippen LogP contribution in [0.1, 0.15) is 33.3 Å². The number of nitrogens with one attached hydrogen (secondary N) is 1. The monoisotopic (exact) mass is 281 g/mol. The first-order valence-electron chi connectivity index (χ1n) is 6.66. The van der Waals surface area contributed by atoms with E-state index in [4.69, 9.17) is 9.47 Å². The second-order valence-electron chi connectivity index (χ2n) is 5.36. The maximum absolute atomic E-state index is 11.7. The smallest absolute Gasteiger partial charge is 0.250 e. The number of aliphatic hydroxyl groups excluding tert-OH is 1. The molecule has 0 atom stereocenters. The van der Waals surface area contributed by atoms with Gasteiger partial charge in [-0.05, 0) is 45.9 Å². The molecule has 2 N–H and O–H groups in total. The van der Waals surface area contributed by atoms with Crippen LogP contribution in [0.2, 0.25) is 0 Å². The summed E-state index contributed by atoms with van der Waals surface area (Å²) in [6.07, 6.45) is 0. The number of aliphatic hydroxyl groups is 1. The molecular formula is C15H23NO4. The van der Waals surface area contributed by atoms with Crippen molar-refractivity contribution >= 4 is 11.6 Å². The van der Waals surface area contributed by atoms with Gasteiger partial charge in [0.15, 0.2) is 0 Å². The molecule has 0 saturated heterocycles. The van der Waals surface area contributed by atoms with E-state index in [9.17, 15) is 9.90 Å². The van der Waals surface area contributed by atoms with Crippen LogP contribution in [0.3, 0.4) is 0 Å². The Labute approximate surface area is 119 Å². The first kappa shape index (κ1) is 16.5. The van der Waals surface area contributed by atoms with Gasteiger partial charge in [0.05, 0.1) is 18.8 Å². The molecule has 0 aliphatic carbocycles. The Balaban J connectivity index is 2.66. The van der Waals surface area contributed by atoms with Crippen LogP contribution in [0.25, 0.3) is 0 Å². The molecule has 1 amide bonds. The van der Waals surface area contributed by atoms with Gasteiger partial charge in [-0.2, -0.15) is 0 Å². The van der Waals surface area contributed by atoms with Crippen molar-refractivity contribution < 1.29 is 19.4 Å². The van der Waals surface area contributed by atoms with Crippen LogP contribution >= 0.6 is 0 Å². The average molecular weight is 281 g/mol. The van der Waals surface area contributed by atoms with Crippen LogP contribution in [0.15, 0.2) is 18.2 Å². The van der Waals surface area contributed by atoms with Crippen LogP contribution in [0, 0.1) is 0 Å². The predicted molar refractivity (Wildman–Crippen MR) is 77.9 cm³/mol. The minimum atomic E-state index is -0.355. The second kappa shape index (κ2) is 7.26. The Morgan fingerprint density at radius 3 is 2.60 bits per heavy atom. The topological polar surface area (TPSA) is 67.8 Å². The summed E-state index contributed by atoms with van der Waals surface area (Å²) in [5.74, 6) is 0.395. The van der Waals surface area contributed by atoms with E-state index in [0.29, 0.717) is 23.6 Å². The maximum Gasteiger partial charge on any atom is 0.250 e. The molecule has 0 spiro atoms. The normalized spacial score (nSPS) is 11.2. The van der Waals surface area contributed by atoms with Gasteiger partial charge in [0.2, 0.25) is 5.91 Å². The van der Waals surface area contributed by atoms with Crippen molar-refractivity contribution in [1.29, 1.82) is 0 Å². The molecule has 0 unspecified atom stereocenters. The van der Waals surface area contributed by atoms with Gasteiger partial charge < -0.3 is 19.9 Å². The molecular weight excluding hydrogens is 258 g/mol. The van der Waals surface area contributed by atoms with Gasteiger partial charge in [-0.3, -0.25) is 4.79 Å². The molecule has 0 aliphatic rings. The quantitative estimate of drug-likeness (QED) is 0.839. The van der Waals surface area contributed by atoms with Crippen molar-refractivity contribution in [2.24, 2.45) is 0 Å². The Hall–Kier alpha value is -1.59. The summed E-state index contributed by atoms with van der Waals surface area (Å²) in [5, 5.41) is 12.0. The van der Waals surface area contributed by atoms with E-state index in [2.05, 4.69) is 5.32 Å². The minimum absolute atomic E-state index is 0.00876. The number of rotatable bonds is 6. The molecule has 0 aromatic heterocycles. The van der Waals surface area contributed by atoms with Crippen molar-refractivity contribution in [1.82, 2.24) is 0 Å². The fourth-order valence-electron chi connectivity index (χ4n) is 1.56. The fraction of sp³-hybridized carbons (Fsp3) is 0.533. The first-order chi connectivity index (χ1) is 9.35. The van der Waals surface area contributed by atoms with Gasteiger partial charge in [-0.15, -0.1) is 0 Å². The highest BCUT2D eigenvalue weighted by molar-refractivity contribution is 5.91. The molecule has 0 heterocycles. The zero-order chi connectivity index (χ0) is 15.2. The summed E-state index contributed by atoms with van der Waals surface area (Å²) >= 11 is 0. The number of carbonyl (C=O) groups is 1. The van der Waals surface area contributed by atoms with E-state index in [-0.39, 0.29) is 24.7 Å². The highest BCUT2D eigenvalue weighted by Gasteiger charge is 2.13. The first-order valence-corrected chi connectivity index (χ1v) is 6.66. The fourth-order valence-corrected chi connectivity index (χ4v) is 1.56. The molecule has 0 saturated carbocycles. The Bertz CT molecular complexity index is 452.